The Hall–Kier alpha value is -3.65. The van der Waals surface area contributed by atoms with Crippen LogP contribution in [0, 0.1) is 13.8 Å². The van der Waals surface area contributed by atoms with Gasteiger partial charge in [-0.1, -0.05) is 18.2 Å². The van der Waals surface area contributed by atoms with Crippen molar-refractivity contribution >= 4 is 27.5 Å². The molecule has 1 N–H and O–H groups in total. The molecule has 7 nitrogen and oxygen atoms in total. The molecule has 8 heteroatoms. The van der Waals surface area contributed by atoms with Gasteiger partial charge in [0, 0.05) is 11.3 Å². The van der Waals surface area contributed by atoms with Crippen LogP contribution in [-0.2, 0) is 14.8 Å². The Balaban J connectivity index is 1.69. The number of hydrogen-bond donors (Lipinski definition) is 1. The Morgan fingerprint density at radius 3 is 2.25 bits per heavy atom. The first kappa shape index (κ1) is 23.0. The van der Waals surface area contributed by atoms with E-state index in [0.29, 0.717) is 17.0 Å². The van der Waals surface area contributed by atoms with Crippen LogP contribution in [0.5, 0.6) is 5.75 Å². The molecule has 0 fully saturated rings. The van der Waals surface area contributed by atoms with Crippen LogP contribution in [-0.4, -0.2) is 33.9 Å². The lowest BCUT2D eigenvalue weighted by molar-refractivity contribution is 0.0474. The Morgan fingerprint density at radius 1 is 0.875 bits per heavy atom. The number of benzene rings is 3. The van der Waals surface area contributed by atoms with E-state index in [4.69, 9.17) is 9.47 Å². The molecule has 0 atom stereocenters. The summed E-state index contributed by atoms with van der Waals surface area (Å²) in [4.78, 5) is 24.6. The molecule has 0 aliphatic heterocycles. The molecule has 0 unspecified atom stereocenters. The summed E-state index contributed by atoms with van der Waals surface area (Å²) in [5.74, 6) is -0.539. The summed E-state index contributed by atoms with van der Waals surface area (Å²) in [5.41, 5.74) is 2.83. The fourth-order valence-electron chi connectivity index (χ4n) is 2.88. The molecule has 0 amide bonds. The number of Topliss-reactive ketones (excluding diaryl/α,β-unsaturated/α-hetero) is 1. The number of methoxy groups -OCH3 is 1. The molecule has 32 heavy (non-hydrogen) atoms. The summed E-state index contributed by atoms with van der Waals surface area (Å²) in [6.07, 6.45) is 0. The van der Waals surface area contributed by atoms with E-state index in [-0.39, 0.29) is 16.2 Å². The molecule has 0 radical (unpaired) electrons. The highest BCUT2D eigenvalue weighted by Crippen LogP contribution is 2.20. The average molecular weight is 454 g/mol. The molecule has 0 spiro atoms. The maximum atomic E-state index is 12.7. The largest absolute Gasteiger partial charge is 0.497 e. The number of carbonyl (C=O) groups excluding carboxylic acids is 2. The summed E-state index contributed by atoms with van der Waals surface area (Å²) in [6, 6.07) is 17.0. The highest BCUT2D eigenvalue weighted by Gasteiger charge is 2.18. The van der Waals surface area contributed by atoms with Crippen LogP contribution in [0.15, 0.2) is 71.6 Å². The maximum Gasteiger partial charge on any atom is 0.338 e. The molecule has 0 heterocycles. The van der Waals surface area contributed by atoms with Crippen LogP contribution < -0.4 is 9.46 Å². The van der Waals surface area contributed by atoms with Crippen LogP contribution in [0.2, 0.25) is 0 Å². The molecule has 0 bridgehead atoms. The number of nitrogens with one attached hydrogen (secondary N) is 1. The van der Waals surface area contributed by atoms with Gasteiger partial charge in [-0.15, -0.1) is 0 Å². The van der Waals surface area contributed by atoms with E-state index in [0.717, 1.165) is 11.1 Å². The maximum absolute atomic E-state index is 12.7. The first-order valence-electron chi connectivity index (χ1n) is 9.74. The van der Waals surface area contributed by atoms with E-state index in [1.54, 1.807) is 36.4 Å². The number of rotatable bonds is 8. The summed E-state index contributed by atoms with van der Waals surface area (Å²) >= 11 is 0. The zero-order valence-electron chi connectivity index (χ0n) is 17.9. The standard InChI is InChI=1S/C24H23NO6S/c1-16-7-8-18(13-17(16)2)23(26)15-31-24(27)19-5-4-6-22(14-19)32(28,29)25-20-9-11-21(30-3)12-10-20/h4-14,25H,15H2,1-3H3. The minimum Gasteiger partial charge on any atom is -0.497 e. The number of aryl methyl sites for hydroxylation is 2. The van der Waals surface area contributed by atoms with Crippen LogP contribution in [0.3, 0.4) is 0 Å². The topological polar surface area (TPSA) is 98.8 Å². The van der Waals surface area contributed by atoms with Gasteiger partial charge in [0.25, 0.3) is 10.0 Å². The Labute approximate surface area is 187 Å². The van der Waals surface area contributed by atoms with Gasteiger partial charge in [-0.05, 0) is 73.5 Å². The van der Waals surface area contributed by atoms with Crippen molar-refractivity contribution in [3.05, 3.63) is 89.0 Å². The molecule has 3 aromatic rings. The summed E-state index contributed by atoms with van der Waals surface area (Å²) in [6.45, 7) is 3.39. The van der Waals surface area contributed by atoms with Crippen molar-refractivity contribution in [2.24, 2.45) is 0 Å². The van der Waals surface area contributed by atoms with Crippen molar-refractivity contribution < 1.29 is 27.5 Å². The van der Waals surface area contributed by atoms with Crippen molar-refractivity contribution in [1.29, 1.82) is 0 Å². The third-order valence-corrected chi connectivity index (χ3v) is 6.26. The first-order valence-corrected chi connectivity index (χ1v) is 11.2. The number of hydrogen-bond acceptors (Lipinski definition) is 6. The second-order valence-corrected chi connectivity index (χ2v) is 8.84. The Bertz CT molecular complexity index is 1250. The molecule has 0 aliphatic carbocycles. The van der Waals surface area contributed by atoms with E-state index >= 15 is 0 Å². The zero-order chi connectivity index (χ0) is 23.3. The van der Waals surface area contributed by atoms with Crippen LogP contribution in [0.1, 0.15) is 31.8 Å². The number of anilines is 1. The number of esters is 1. The van der Waals surface area contributed by atoms with Crippen molar-refractivity contribution in [1.82, 2.24) is 0 Å². The van der Waals surface area contributed by atoms with E-state index in [1.165, 1.54) is 31.4 Å². The second kappa shape index (κ2) is 9.65. The van der Waals surface area contributed by atoms with Crippen molar-refractivity contribution in [3.63, 3.8) is 0 Å². The van der Waals surface area contributed by atoms with Crippen LogP contribution >= 0.6 is 0 Å². The van der Waals surface area contributed by atoms with E-state index < -0.39 is 22.6 Å². The van der Waals surface area contributed by atoms with Gasteiger partial charge < -0.3 is 9.47 Å². The minimum atomic E-state index is -3.94. The first-order chi connectivity index (χ1) is 15.2. The lowest BCUT2D eigenvalue weighted by Gasteiger charge is -2.10. The molecule has 0 saturated heterocycles. The third-order valence-electron chi connectivity index (χ3n) is 4.89. The van der Waals surface area contributed by atoms with Crippen LogP contribution in [0.4, 0.5) is 5.69 Å². The number of ketones is 1. The van der Waals surface area contributed by atoms with Gasteiger partial charge in [-0.3, -0.25) is 9.52 Å². The van der Waals surface area contributed by atoms with Crippen molar-refractivity contribution in [3.8, 4) is 5.75 Å². The van der Waals surface area contributed by atoms with Crippen molar-refractivity contribution in [2.45, 2.75) is 18.7 Å². The van der Waals surface area contributed by atoms with E-state index in [9.17, 15) is 18.0 Å². The highest BCUT2D eigenvalue weighted by molar-refractivity contribution is 7.92. The Kier molecular flexibility index (Phi) is 6.95. The summed E-state index contributed by atoms with van der Waals surface area (Å²) < 4.78 is 38.0. The zero-order valence-corrected chi connectivity index (χ0v) is 18.7. The molecular weight excluding hydrogens is 430 g/mol. The number of ether oxygens (including phenoxy) is 2. The Morgan fingerprint density at radius 2 is 1.59 bits per heavy atom. The third kappa shape index (κ3) is 5.53. The predicted octanol–water partition coefficient (Wildman–Crippen LogP) is 4.15. The monoisotopic (exact) mass is 453 g/mol. The predicted molar refractivity (Wildman–Crippen MR) is 121 cm³/mol. The summed E-state index contributed by atoms with van der Waals surface area (Å²) in [7, 11) is -2.42. The second-order valence-electron chi connectivity index (χ2n) is 7.16. The molecule has 166 valence electrons. The highest BCUT2D eigenvalue weighted by atomic mass is 32.2. The van der Waals surface area contributed by atoms with Gasteiger partial charge in [0.05, 0.1) is 17.6 Å². The lowest BCUT2D eigenvalue weighted by atomic mass is 10.0. The molecule has 0 saturated carbocycles. The van der Waals surface area contributed by atoms with E-state index in [2.05, 4.69) is 4.72 Å². The number of sulfonamides is 1. The molecule has 3 aromatic carbocycles. The SMILES string of the molecule is COc1ccc(NS(=O)(=O)c2cccc(C(=O)OCC(=O)c3ccc(C)c(C)c3)c2)cc1. The van der Waals surface area contributed by atoms with Gasteiger partial charge >= 0.3 is 5.97 Å². The van der Waals surface area contributed by atoms with Gasteiger partial charge in [0.1, 0.15) is 5.75 Å². The van der Waals surface area contributed by atoms with Gasteiger partial charge in [0.2, 0.25) is 0 Å². The average Bonchev–Trinajstić information content (AvgIpc) is 2.79. The van der Waals surface area contributed by atoms with Crippen molar-refractivity contribution in [2.75, 3.05) is 18.4 Å². The van der Waals surface area contributed by atoms with Gasteiger partial charge in [-0.2, -0.15) is 0 Å². The van der Waals surface area contributed by atoms with E-state index in [1.807, 2.05) is 19.9 Å². The summed E-state index contributed by atoms with van der Waals surface area (Å²) in [5, 5.41) is 0. The van der Waals surface area contributed by atoms with Gasteiger partial charge in [-0.25, -0.2) is 13.2 Å². The van der Waals surface area contributed by atoms with Gasteiger partial charge in [0.15, 0.2) is 12.4 Å². The fourth-order valence-corrected chi connectivity index (χ4v) is 3.98. The smallest absolute Gasteiger partial charge is 0.338 e. The normalized spacial score (nSPS) is 11.0. The van der Waals surface area contributed by atoms with Crippen LogP contribution in [0.25, 0.3) is 0 Å². The molecule has 0 aliphatic rings. The molecule has 3 rings (SSSR count). The minimum absolute atomic E-state index is 0.0236. The quantitative estimate of drug-likeness (QED) is 0.406. The fraction of sp³-hybridized carbons (Fsp3) is 0.167. The number of carbonyl (C=O) groups is 2. The molecule has 0 aromatic heterocycles. The lowest BCUT2D eigenvalue weighted by Crippen LogP contribution is -2.16. The molecular formula is C24H23NO6S.